The summed E-state index contributed by atoms with van der Waals surface area (Å²) < 4.78 is 5.13. The van der Waals surface area contributed by atoms with E-state index < -0.39 is 11.9 Å². The lowest BCUT2D eigenvalue weighted by molar-refractivity contribution is -0.111. The molecule has 1 aromatic carbocycles. The number of carboxylic acids is 1. The standard InChI is InChI=1S/C22H21NO4S/c1-22(2,3)15-8-6-14(7-9-15)17-13-28-20(19(17)21(25)26)23-18(24)11-10-16-5-4-12-27-16/h4-13H,1-3H3,(H,23,24)(H,25,26). The van der Waals surface area contributed by atoms with Gasteiger partial charge < -0.3 is 14.8 Å². The molecule has 0 saturated heterocycles. The lowest BCUT2D eigenvalue weighted by Crippen LogP contribution is -2.11. The SMILES string of the molecule is CC(C)(C)c1ccc(-c2csc(NC(=O)C=Cc3ccco3)c2C(=O)O)cc1. The van der Waals surface area contributed by atoms with Crippen molar-refractivity contribution in [1.82, 2.24) is 0 Å². The number of hydrogen-bond donors (Lipinski definition) is 2. The van der Waals surface area contributed by atoms with Crippen molar-refractivity contribution in [3.63, 3.8) is 0 Å². The van der Waals surface area contributed by atoms with Gasteiger partial charge in [0, 0.05) is 17.0 Å². The van der Waals surface area contributed by atoms with Gasteiger partial charge in [-0.05, 0) is 34.8 Å². The highest BCUT2D eigenvalue weighted by Gasteiger charge is 2.21. The minimum atomic E-state index is -1.08. The largest absolute Gasteiger partial charge is 0.478 e. The van der Waals surface area contributed by atoms with Crippen molar-refractivity contribution < 1.29 is 19.1 Å². The lowest BCUT2D eigenvalue weighted by Gasteiger charge is -2.19. The Morgan fingerprint density at radius 3 is 2.43 bits per heavy atom. The highest BCUT2D eigenvalue weighted by atomic mass is 32.1. The maximum absolute atomic E-state index is 12.2. The normalized spacial score (nSPS) is 11.7. The van der Waals surface area contributed by atoms with Crippen LogP contribution in [0.5, 0.6) is 0 Å². The molecule has 0 fully saturated rings. The smallest absolute Gasteiger partial charge is 0.339 e. The summed E-state index contributed by atoms with van der Waals surface area (Å²) in [5.41, 5.74) is 2.66. The molecule has 0 unspecified atom stereocenters. The van der Waals surface area contributed by atoms with Crippen molar-refractivity contribution in [2.45, 2.75) is 26.2 Å². The molecule has 0 bridgehead atoms. The van der Waals surface area contributed by atoms with E-state index in [1.165, 1.54) is 35.3 Å². The van der Waals surface area contributed by atoms with Crippen LogP contribution in [0.4, 0.5) is 5.00 Å². The third-order valence-corrected chi connectivity index (χ3v) is 5.14. The van der Waals surface area contributed by atoms with E-state index in [0.717, 1.165) is 5.56 Å². The molecule has 3 rings (SSSR count). The summed E-state index contributed by atoms with van der Waals surface area (Å²) >= 11 is 1.19. The van der Waals surface area contributed by atoms with E-state index in [0.29, 0.717) is 16.3 Å². The molecule has 0 aliphatic carbocycles. The molecule has 28 heavy (non-hydrogen) atoms. The van der Waals surface area contributed by atoms with E-state index in [1.54, 1.807) is 17.5 Å². The first kappa shape index (κ1) is 19.6. The molecule has 3 aromatic rings. The molecule has 2 aromatic heterocycles. The fraction of sp³-hybridized carbons (Fsp3) is 0.182. The molecule has 0 radical (unpaired) electrons. The van der Waals surface area contributed by atoms with Crippen LogP contribution in [0.2, 0.25) is 0 Å². The zero-order valence-electron chi connectivity index (χ0n) is 15.9. The van der Waals surface area contributed by atoms with Crippen LogP contribution in [-0.4, -0.2) is 17.0 Å². The molecule has 5 nitrogen and oxygen atoms in total. The summed E-state index contributed by atoms with van der Waals surface area (Å²) in [7, 11) is 0. The number of aromatic carboxylic acids is 1. The van der Waals surface area contributed by atoms with Crippen molar-refractivity contribution in [2.24, 2.45) is 0 Å². The Hall–Kier alpha value is -3.12. The predicted octanol–water partition coefficient (Wildman–Crippen LogP) is 5.66. The first-order valence-corrected chi connectivity index (χ1v) is 9.62. The average molecular weight is 395 g/mol. The van der Waals surface area contributed by atoms with Crippen molar-refractivity contribution in [1.29, 1.82) is 0 Å². The zero-order valence-corrected chi connectivity index (χ0v) is 16.7. The van der Waals surface area contributed by atoms with E-state index in [2.05, 4.69) is 26.1 Å². The molecule has 1 amide bonds. The number of thiophene rings is 1. The second-order valence-electron chi connectivity index (χ2n) is 7.32. The van der Waals surface area contributed by atoms with Crippen molar-refractivity contribution in [2.75, 3.05) is 5.32 Å². The molecular weight excluding hydrogens is 374 g/mol. The summed E-state index contributed by atoms with van der Waals surface area (Å²) in [5.74, 6) is -0.962. The van der Waals surface area contributed by atoms with E-state index in [1.807, 2.05) is 24.3 Å². The fourth-order valence-electron chi connectivity index (χ4n) is 2.72. The predicted molar refractivity (Wildman–Crippen MR) is 112 cm³/mol. The molecule has 0 spiro atoms. The van der Waals surface area contributed by atoms with Gasteiger partial charge in [-0.1, -0.05) is 45.0 Å². The van der Waals surface area contributed by atoms with Crippen molar-refractivity contribution in [3.8, 4) is 11.1 Å². The number of carbonyl (C=O) groups is 2. The van der Waals surface area contributed by atoms with Crippen LogP contribution in [0.3, 0.4) is 0 Å². The second kappa shape index (κ2) is 7.86. The maximum Gasteiger partial charge on any atom is 0.339 e. The van der Waals surface area contributed by atoms with Crippen LogP contribution in [0.25, 0.3) is 17.2 Å². The van der Waals surface area contributed by atoms with Crippen LogP contribution in [0.15, 0.2) is 58.5 Å². The van der Waals surface area contributed by atoms with Crippen LogP contribution >= 0.6 is 11.3 Å². The number of hydrogen-bond acceptors (Lipinski definition) is 4. The van der Waals surface area contributed by atoms with Crippen molar-refractivity contribution in [3.05, 3.63) is 71.0 Å². The van der Waals surface area contributed by atoms with Gasteiger partial charge in [0.1, 0.15) is 16.3 Å². The summed E-state index contributed by atoms with van der Waals surface area (Å²) in [6.45, 7) is 6.37. The Labute approximate surface area is 167 Å². The van der Waals surface area contributed by atoms with Crippen LogP contribution in [0.1, 0.15) is 42.5 Å². The van der Waals surface area contributed by atoms with E-state index in [-0.39, 0.29) is 11.0 Å². The number of carbonyl (C=O) groups excluding carboxylic acids is 1. The molecular formula is C22H21NO4S. The van der Waals surface area contributed by atoms with Crippen LogP contribution in [0, 0.1) is 0 Å². The van der Waals surface area contributed by atoms with E-state index in [4.69, 9.17) is 4.42 Å². The number of nitrogens with one attached hydrogen (secondary N) is 1. The van der Waals surface area contributed by atoms with Gasteiger partial charge in [-0.2, -0.15) is 0 Å². The van der Waals surface area contributed by atoms with Gasteiger partial charge >= 0.3 is 5.97 Å². The number of furan rings is 1. The minimum absolute atomic E-state index is 0.0161. The number of rotatable bonds is 5. The third-order valence-electron chi connectivity index (χ3n) is 4.25. The highest BCUT2D eigenvalue weighted by molar-refractivity contribution is 7.15. The topological polar surface area (TPSA) is 79.5 Å². The van der Waals surface area contributed by atoms with Crippen LogP contribution in [-0.2, 0) is 10.2 Å². The Bertz CT molecular complexity index is 1010. The van der Waals surface area contributed by atoms with Gasteiger partial charge in [-0.25, -0.2) is 4.79 Å². The van der Waals surface area contributed by atoms with Gasteiger partial charge in [-0.3, -0.25) is 4.79 Å². The first-order chi connectivity index (χ1) is 13.3. The van der Waals surface area contributed by atoms with Gasteiger partial charge in [0.25, 0.3) is 0 Å². The van der Waals surface area contributed by atoms with Gasteiger partial charge in [0.2, 0.25) is 5.91 Å². The Kier molecular flexibility index (Phi) is 5.51. The lowest BCUT2D eigenvalue weighted by atomic mass is 9.86. The summed E-state index contributed by atoms with van der Waals surface area (Å²) in [6.07, 6.45) is 4.34. The average Bonchev–Trinajstić information content (AvgIpc) is 3.29. The molecule has 144 valence electrons. The quantitative estimate of drug-likeness (QED) is 0.547. The Balaban J connectivity index is 1.86. The minimum Gasteiger partial charge on any atom is -0.478 e. The summed E-state index contributed by atoms with van der Waals surface area (Å²) in [4.78, 5) is 24.0. The Morgan fingerprint density at radius 2 is 1.86 bits per heavy atom. The fourth-order valence-corrected chi connectivity index (χ4v) is 3.69. The monoisotopic (exact) mass is 395 g/mol. The molecule has 0 saturated carbocycles. The van der Waals surface area contributed by atoms with Crippen molar-refractivity contribution >= 4 is 34.3 Å². The second-order valence-corrected chi connectivity index (χ2v) is 8.20. The summed E-state index contributed by atoms with van der Waals surface area (Å²) in [5, 5.41) is 14.4. The zero-order chi connectivity index (χ0) is 20.3. The third kappa shape index (κ3) is 4.40. The highest BCUT2D eigenvalue weighted by Crippen LogP contribution is 2.36. The Morgan fingerprint density at radius 1 is 1.14 bits per heavy atom. The maximum atomic E-state index is 12.2. The molecule has 6 heteroatoms. The van der Waals surface area contributed by atoms with Gasteiger partial charge in [0.05, 0.1) is 6.26 Å². The van der Waals surface area contributed by atoms with Gasteiger partial charge in [0.15, 0.2) is 0 Å². The summed E-state index contributed by atoms with van der Waals surface area (Å²) in [6, 6.07) is 11.3. The van der Waals surface area contributed by atoms with Gasteiger partial charge in [-0.15, -0.1) is 11.3 Å². The van der Waals surface area contributed by atoms with Crippen LogP contribution < -0.4 is 5.32 Å². The molecule has 2 heterocycles. The number of carboxylic acid groups (broad SMARTS) is 1. The molecule has 0 aliphatic heterocycles. The van der Waals surface area contributed by atoms with E-state index >= 15 is 0 Å². The number of amides is 1. The first-order valence-electron chi connectivity index (χ1n) is 8.74. The van der Waals surface area contributed by atoms with E-state index in [9.17, 15) is 14.7 Å². The molecule has 2 N–H and O–H groups in total. The molecule has 0 atom stereocenters. The molecule has 0 aliphatic rings. The number of benzene rings is 1. The number of anilines is 1.